The van der Waals surface area contributed by atoms with E-state index in [0.717, 1.165) is 42.9 Å². The highest BCUT2D eigenvalue weighted by atomic mass is 35.5. The number of fused-ring (bicyclic) bond motifs is 1. The van der Waals surface area contributed by atoms with E-state index in [-0.39, 0.29) is 0 Å². The molecule has 1 aromatic carbocycles. The number of carbonyl (C=O) groups is 1. The van der Waals surface area contributed by atoms with Crippen LogP contribution in [0.15, 0.2) is 18.2 Å². The lowest BCUT2D eigenvalue weighted by molar-refractivity contribution is -0.133. The number of aromatic nitrogens is 1. The van der Waals surface area contributed by atoms with Crippen LogP contribution in [0.3, 0.4) is 0 Å². The molecule has 2 aromatic rings. The van der Waals surface area contributed by atoms with Crippen LogP contribution in [0.2, 0.25) is 5.02 Å². The smallest absolute Gasteiger partial charge is 0.225 e. The van der Waals surface area contributed by atoms with E-state index in [9.17, 15) is 4.79 Å². The molecule has 0 radical (unpaired) electrons. The SMILES string of the molecule is C[C@@H]1C[C@H]1C(=O)N1CCC(c2nc3cc(Cl)ccc3s2)CC1. The number of piperidine rings is 1. The third-order valence-corrected chi connectivity index (χ3v) is 6.38. The zero-order valence-corrected chi connectivity index (χ0v) is 14.2. The van der Waals surface area contributed by atoms with E-state index in [1.165, 1.54) is 9.71 Å². The zero-order chi connectivity index (χ0) is 15.3. The van der Waals surface area contributed by atoms with Crippen molar-refractivity contribution in [1.82, 2.24) is 9.88 Å². The van der Waals surface area contributed by atoms with Gasteiger partial charge in [0.15, 0.2) is 0 Å². The monoisotopic (exact) mass is 334 g/mol. The maximum absolute atomic E-state index is 12.3. The molecular formula is C17H19ClN2OS. The molecule has 2 aliphatic rings. The Bertz CT molecular complexity index is 721. The van der Waals surface area contributed by atoms with Crippen LogP contribution in [0, 0.1) is 11.8 Å². The van der Waals surface area contributed by atoms with Gasteiger partial charge in [0.2, 0.25) is 5.91 Å². The van der Waals surface area contributed by atoms with Gasteiger partial charge in [-0.15, -0.1) is 11.3 Å². The molecule has 1 aliphatic carbocycles. The van der Waals surface area contributed by atoms with Crippen molar-refractivity contribution in [2.24, 2.45) is 11.8 Å². The van der Waals surface area contributed by atoms with Crippen LogP contribution in [-0.2, 0) is 4.79 Å². The van der Waals surface area contributed by atoms with Gasteiger partial charge in [-0.25, -0.2) is 4.98 Å². The van der Waals surface area contributed by atoms with Crippen LogP contribution in [-0.4, -0.2) is 28.9 Å². The van der Waals surface area contributed by atoms with Crippen molar-refractivity contribution in [3.05, 3.63) is 28.2 Å². The van der Waals surface area contributed by atoms with E-state index in [4.69, 9.17) is 16.6 Å². The quantitative estimate of drug-likeness (QED) is 0.819. The minimum Gasteiger partial charge on any atom is -0.342 e. The number of carbonyl (C=O) groups excluding carboxylic acids is 1. The van der Waals surface area contributed by atoms with Gasteiger partial charge in [0, 0.05) is 29.9 Å². The molecule has 4 rings (SSSR count). The van der Waals surface area contributed by atoms with Crippen LogP contribution in [0.1, 0.15) is 37.1 Å². The number of hydrogen-bond donors (Lipinski definition) is 0. The maximum Gasteiger partial charge on any atom is 0.225 e. The molecule has 3 nitrogen and oxygen atoms in total. The van der Waals surface area contributed by atoms with E-state index >= 15 is 0 Å². The first-order chi connectivity index (χ1) is 10.6. The molecule has 1 aliphatic heterocycles. The van der Waals surface area contributed by atoms with Gasteiger partial charge in [0.25, 0.3) is 0 Å². The molecule has 116 valence electrons. The van der Waals surface area contributed by atoms with Crippen molar-refractivity contribution < 1.29 is 4.79 Å². The van der Waals surface area contributed by atoms with E-state index in [0.29, 0.717) is 23.7 Å². The van der Waals surface area contributed by atoms with Crippen molar-refractivity contribution in [1.29, 1.82) is 0 Å². The molecule has 1 aromatic heterocycles. The molecule has 22 heavy (non-hydrogen) atoms. The number of rotatable bonds is 2. The summed E-state index contributed by atoms with van der Waals surface area (Å²) in [5.74, 6) is 1.76. The summed E-state index contributed by atoms with van der Waals surface area (Å²) in [6.45, 7) is 3.92. The lowest BCUT2D eigenvalue weighted by Gasteiger charge is -2.31. The zero-order valence-electron chi connectivity index (χ0n) is 12.6. The van der Waals surface area contributed by atoms with Gasteiger partial charge in [-0.1, -0.05) is 18.5 Å². The minimum absolute atomic E-state index is 0.307. The highest BCUT2D eigenvalue weighted by molar-refractivity contribution is 7.18. The number of hydrogen-bond acceptors (Lipinski definition) is 3. The number of thiazole rings is 1. The van der Waals surface area contributed by atoms with Crippen molar-refractivity contribution in [2.45, 2.75) is 32.1 Å². The molecule has 2 heterocycles. The predicted molar refractivity (Wildman–Crippen MR) is 90.5 cm³/mol. The first kappa shape index (κ1) is 14.5. The molecule has 0 N–H and O–H groups in total. The topological polar surface area (TPSA) is 33.2 Å². The van der Waals surface area contributed by atoms with E-state index in [1.807, 2.05) is 18.2 Å². The molecule has 1 saturated heterocycles. The summed E-state index contributed by atoms with van der Waals surface area (Å²) in [7, 11) is 0. The molecule has 2 atom stereocenters. The molecule has 0 unspecified atom stereocenters. The predicted octanol–water partition coefficient (Wildman–Crippen LogP) is 4.31. The van der Waals surface area contributed by atoms with Crippen molar-refractivity contribution >= 4 is 39.1 Å². The first-order valence-electron chi connectivity index (χ1n) is 7.96. The summed E-state index contributed by atoms with van der Waals surface area (Å²) in [4.78, 5) is 19.1. The Morgan fingerprint density at radius 1 is 1.36 bits per heavy atom. The summed E-state index contributed by atoms with van der Waals surface area (Å²) in [5, 5.41) is 1.94. The second-order valence-corrected chi connectivity index (χ2v) is 8.08. The van der Waals surface area contributed by atoms with Gasteiger partial charge < -0.3 is 4.90 Å². The second-order valence-electron chi connectivity index (χ2n) is 6.58. The summed E-state index contributed by atoms with van der Waals surface area (Å²) in [6, 6.07) is 5.90. The number of likely N-dealkylation sites (tertiary alicyclic amines) is 1. The molecule has 1 amide bonds. The van der Waals surface area contributed by atoms with E-state index < -0.39 is 0 Å². The fraction of sp³-hybridized carbons (Fsp3) is 0.529. The largest absolute Gasteiger partial charge is 0.342 e. The summed E-state index contributed by atoms with van der Waals surface area (Å²) < 4.78 is 1.20. The van der Waals surface area contributed by atoms with Gasteiger partial charge in [0.05, 0.1) is 15.2 Å². The van der Waals surface area contributed by atoms with Gasteiger partial charge in [0.1, 0.15) is 0 Å². The average molecular weight is 335 g/mol. The van der Waals surface area contributed by atoms with Gasteiger partial charge in [-0.05, 0) is 43.4 Å². The normalized spacial score (nSPS) is 25.6. The molecular weight excluding hydrogens is 316 g/mol. The highest BCUT2D eigenvalue weighted by Crippen LogP contribution is 2.41. The second kappa shape index (κ2) is 5.50. The third-order valence-electron chi connectivity index (χ3n) is 4.95. The summed E-state index contributed by atoms with van der Waals surface area (Å²) in [6.07, 6.45) is 3.14. The lowest BCUT2D eigenvalue weighted by Crippen LogP contribution is -2.39. The number of halogens is 1. The number of nitrogens with zero attached hydrogens (tertiary/aromatic N) is 2. The Balaban J connectivity index is 1.45. The van der Waals surface area contributed by atoms with Crippen LogP contribution < -0.4 is 0 Å². The van der Waals surface area contributed by atoms with Crippen LogP contribution >= 0.6 is 22.9 Å². The van der Waals surface area contributed by atoms with E-state index in [1.54, 1.807) is 11.3 Å². The minimum atomic E-state index is 0.307. The first-order valence-corrected chi connectivity index (χ1v) is 9.16. The lowest BCUT2D eigenvalue weighted by atomic mass is 9.97. The van der Waals surface area contributed by atoms with Crippen molar-refractivity contribution in [3.8, 4) is 0 Å². The highest BCUT2D eigenvalue weighted by Gasteiger charge is 2.42. The van der Waals surface area contributed by atoms with Crippen molar-refractivity contribution in [3.63, 3.8) is 0 Å². The van der Waals surface area contributed by atoms with Crippen LogP contribution in [0.4, 0.5) is 0 Å². The maximum atomic E-state index is 12.3. The van der Waals surface area contributed by atoms with Gasteiger partial charge in [-0.3, -0.25) is 4.79 Å². The Labute approximate surface area is 139 Å². The molecule has 1 saturated carbocycles. The summed E-state index contributed by atoms with van der Waals surface area (Å²) in [5.41, 5.74) is 0.998. The Morgan fingerprint density at radius 2 is 2.09 bits per heavy atom. The molecule has 0 bridgehead atoms. The summed E-state index contributed by atoms with van der Waals surface area (Å²) >= 11 is 7.80. The van der Waals surface area contributed by atoms with Crippen LogP contribution in [0.5, 0.6) is 0 Å². The average Bonchev–Trinajstić information content (AvgIpc) is 3.10. The Kier molecular flexibility index (Phi) is 3.61. The van der Waals surface area contributed by atoms with Crippen molar-refractivity contribution in [2.75, 3.05) is 13.1 Å². The molecule has 0 spiro atoms. The van der Waals surface area contributed by atoms with Gasteiger partial charge in [-0.2, -0.15) is 0 Å². The standard InChI is InChI=1S/C17H19ClN2OS/c1-10-8-13(10)17(21)20-6-4-11(5-7-20)16-19-14-9-12(18)2-3-15(14)22-16/h2-3,9-11,13H,4-8H2,1H3/t10-,13-/m1/s1. The van der Waals surface area contributed by atoms with Crippen LogP contribution in [0.25, 0.3) is 10.2 Å². The molecule has 2 fully saturated rings. The fourth-order valence-electron chi connectivity index (χ4n) is 3.34. The van der Waals surface area contributed by atoms with E-state index in [2.05, 4.69) is 11.8 Å². The fourth-order valence-corrected chi connectivity index (χ4v) is 4.62. The number of benzene rings is 1. The van der Waals surface area contributed by atoms with Gasteiger partial charge >= 0.3 is 0 Å². The Morgan fingerprint density at radius 3 is 2.77 bits per heavy atom. The molecule has 5 heteroatoms. The Hall–Kier alpha value is -1.13. The number of amides is 1. The third kappa shape index (κ3) is 2.63.